The van der Waals surface area contributed by atoms with Gasteiger partial charge in [-0.3, -0.25) is 4.99 Å². The van der Waals surface area contributed by atoms with Crippen LogP contribution in [0.25, 0.3) is 0 Å². The van der Waals surface area contributed by atoms with Gasteiger partial charge in [-0.1, -0.05) is 34.1 Å². The van der Waals surface area contributed by atoms with E-state index in [1.54, 1.807) is 13.4 Å². The Morgan fingerprint density at radius 3 is 2.52 bits per heavy atom. The molecule has 0 bridgehead atoms. The molecule has 0 saturated heterocycles. The van der Waals surface area contributed by atoms with Crippen molar-refractivity contribution in [2.24, 2.45) is 10.4 Å². The highest BCUT2D eigenvalue weighted by molar-refractivity contribution is 14.0. The summed E-state index contributed by atoms with van der Waals surface area (Å²) in [6.07, 6.45) is 6.36. The number of unbranched alkanes of at least 4 members (excludes halogenated alkanes) is 1. The summed E-state index contributed by atoms with van der Waals surface area (Å²) in [6.45, 7) is 11.6. The maximum absolute atomic E-state index is 4.25. The van der Waals surface area contributed by atoms with Crippen LogP contribution in [-0.4, -0.2) is 40.9 Å². The molecule has 134 valence electrons. The minimum atomic E-state index is 0. The van der Waals surface area contributed by atoms with Crippen LogP contribution in [0.2, 0.25) is 0 Å². The molecule has 0 atom stereocenters. The van der Waals surface area contributed by atoms with Crippen LogP contribution < -0.4 is 10.6 Å². The molecule has 1 aromatic rings. The van der Waals surface area contributed by atoms with E-state index in [-0.39, 0.29) is 24.0 Å². The second-order valence-electron chi connectivity index (χ2n) is 6.74. The van der Waals surface area contributed by atoms with E-state index in [0.29, 0.717) is 5.41 Å². The van der Waals surface area contributed by atoms with Gasteiger partial charge in [0.1, 0.15) is 12.2 Å². The first-order valence-corrected chi connectivity index (χ1v) is 8.27. The number of nitrogens with one attached hydrogen (secondary N) is 2. The molecule has 1 aromatic heterocycles. The lowest BCUT2D eigenvalue weighted by atomic mass is 9.90. The van der Waals surface area contributed by atoms with Crippen LogP contribution >= 0.6 is 24.0 Å². The lowest BCUT2D eigenvalue weighted by Crippen LogP contribution is -2.39. The molecule has 0 fully saturated rings. The number of rotatable bonds is 8. The Hall–Kier alpha value is -0.860. The van der Waals surface area contributed by atoms with E-state index in [0.717, 1.165) is 37.8 Å². The molecule has 0 aromatic carbocycles. The second-order valence-corrected chi connectivity index (χ2v) is 6.74. The molecule has 0 saturated carbocycles. The van der Waals surface area contributed by atoms with Crippen LogP contribution in [-0.2, 0) is 13.0 Å². The van der Waals surface area contributed by atoms with Gasteiger partial charge in [0.05, 0.1) is 0 Å². The van der Waals surface area contributed by atoms with Crippen molar-refractivity contribution in [2.75, 3.05) is 20.1 Å². The van der Waals surface area contributed by atoms with Gasteiger partial charge in [-0.15, -0.1) is 34.2 Å². The number of halogens is 1. The lowest BCUT2D eigenvalue weighted by molar-refractivity contribution is 0.360. The molecule has 0 aliphatic heterocycles. The molecule has 1 rings (SSSR count). The highest BCUT2D eigenvalue weighted by Gasteiger charge is 2.08. The average molecular weight is 436 g/mol. The van der Waals surface area contributed by atoms with E-state index < -0.39 is 0 Å². The Bertz CT molecular complexity index is 450. The molecule has 0 aliphatic rings. The first kappa shape index (κ1) is 22.1. The van der Waals surface area contributed by atoms with Gasteiger partial charge in [-0.25, -0.2) is 0 Å². The summed E-state index contributed by atoms with van der Waals surface area (Å²) in [6, 6.07) is 0. The van der Waals surface area contributed by atoms with Crippen molar-refractivity contribution in [3.63, 3.8) is 0 Å². The minimum Gasteiger partial charge on any atom is -0.356 e. The van der Waals surface area contributed by atoms with Crippen molar-refractivity contribution in [1.82, 2.24) is 25.4 Å². The Kier molecular flexibility index (Phi) is 11.2. The number of hydrogen-bond donors (Lipinski definition) is 2. The quantitative estimate of drug-likeness (QED) is 0.285. The zero-order chi connectivity index (χ0) is 16.4. The van der Waals surface area contributed by atoms with E-state index in [1.165, 1.54) is 19.3 Å². The standard InChI is InChI=1S/C16H32N6.HI/c1-6-14-21-20-13-22(14)12-11-19-15(17-5)18-10-8-7-9-16(2,3)4;/h13H,6-12H2,1-5H3,(H2,17,18,19);1H. The average Bonchev–Trinajstić information content (AvgIpc) is 2.91. The van der Waals surface area contributed by atoms with Gasteiger partial charge >= 0.3 is 0 Å². The summed E-state index contributed by atoms with van der Waals surface area (Å²) in [5.74, 6) is 1.88. The molecule has 0 spiro atoms. The van der Waals surface area contributed by atoms with Gasteiger partial charge in [0.15, 0.2) is 5.96 Å². The van der Waals surface area contributed by atoms with Gasteiger partial charge in [0.2, 0.25) is 0 Å². The van der Waals surface area contributed by atoms with Crippen LogP contribution in [0.3, 0.4) is 0 Å². The van der Waals surface area contributed by atoms with Crippen LogP contribution in [0.1, 0.15) is 52.8 Å². The molecule has 23 heavy (non-hydrogen) atoms. The van der Waals surface area contributed by atoms with E-state index in [4.69, 9.17) is 0 Å². The highest BCUT2D eigenvalue weighted by atomic mass is 127. The van der Waals surface area contributed by atoms with E-state index in [1.807, 2.05) is 0 Å². The van der Waals surface area contributed by atoms with Crippen LogP contribution in [0.4, 0.5) is 0 Å². The number of aliphatic imine (C=N–C) groups is 1. The highest BCUT2D eigenvalue weighted by Crippen LogP contribution is 2.21. The normalized spacial score (nSPS) is 12.0. The molecule has 0 unspecified atom stereocenters. The topological polar surface area (TPSA) is 67.1 Å². The van der Waals surface area contributed by atoms with Crippen molar-refractivity contribution in [3.05, 3.63) is 12.2 Å². The molecule has 0 radical (unpaired) electrons. The number of nitrogens with zero attached hydrogens (tertiary/aromatic N) is 4. The van der Waals surface area contributed by atoms with Gasteiger partial charge in [-0.05, 0) is 18.3 Å². The monoisotopic (exact) mass is 436 g/mol. The zero-order valence-electron chi connectivity index (χ0n) is 15.2. The predicted octanol–water partition coefficient (Wildman–Crippen LogP) is 2.84. The van der Waals surface area contributed by atoms with Crippen LogP contribution in [0.5, 0.6) is 0 Å². The maximum atomic E-state index is 4.25. The van der Waals surface area contributed by atoms with Crippen molar-refractivity contribution in [1.29, 1.82) is 0 Å². The Labute approximate surface area is 158 Å². The predicted molar refractivity (Wildman–Crippen MR) is 107 cm³/mol. The summed E-state index contributed by atoms with van der Waals surface area (Å²) in [5.41, 5.74) is 0.426. The van der Waals surface area contributed by atoms with Crippen molar-refractivity contribution in [3.8, 4) is 0 Å². The molecular formula is C16H33IN6. The van der Waals surface area contributed by atoms with Gasteiger partial charge in [0, 0.05) is 33.1 Å². The first-order chi connectivity index (χ1) is 10.5. The van der Waals surface area contributed by atoms with Gasteiger partial charge in [0.25, 0.3) is 0 Å². The fourth-order valence-corrected chi connectivity index (χ4v) is 2.24. The van der Waals surface area contributed by atoms with Crippen LogP contribution in [0, 0.1) is 5.41 Å². The molecule has 0 amide bonds. The largest absolute Gasteiger partial charge is 0.356 e. The Morgan fingerprint density at radius 2 is 1.91 bits per heavy atom. The first-order valence-electron chi connectivity index (χ1n) is 8.27. The molecular weight excluding hydrogens is 403 g/mol. The van der Waals surface area contributed by atoms with Crippen molar-refractivity contribution >= 4 is 29.9 Å². The third-order valence-electron chi connectivity index (χ3n) is 3.53. The molecule has 7 heteroatoms. The van der Waals surface area contributed by atoms with Gasteiger partial charge < -0.3 is 15.2 Å². The molecule has 2 N–H and O–H groups in total. The Morgan fingerprint density at radius 1 is 1.22 bits per heavy atom. The van der Waals surface area contributed by atoms with E-state index in [2.05, 4.69) is 58.1 Å². The van der Waals surface area contributed by atoms with Crippen molar-refractivity contribution in [2.45, 2.75) is 59.9 Å². The lowest BCUT2D eigenvalue weighted by Gasteiger charge is -2.18. The third kappa shape index (κ3) is 9.78. The molecule has 1 heterocycles. The summed E-state index contributed by atoms with van der Waals surface area (Å²) < 4.78 is 2.07. The molecule has 6 nitrogen and oxygen atoms in total. The Balaban J connectivity index is 0.00000484. The number of aryl methyl sites for hydroxylation is 1. The smallest absolute Gasteiger partial charge is 0.191 e. The number of hydrogen-bond acceptors (Lipinski definition) is 3. The van der Waals surface area contributed by atoms with E-state index >= 15 is 0 Å². The number of guanidine groups is 1. The minimum absolute atomic E-state index is 0. The summed E-state index contributed by atoms with van der Waals surface area (Å²) >= 11 is 0. The SMILES string of the molecule is CCc1nncn1CCNC(=NC)NCCCCC(C)(C)C.I. The maximum Gasteiger partial charge on any atom is 0.191 e. The summed E-state index contributed by atoms with van der Waals surface area (Å²) in [5, 5.41) is 14.7. The number of aromatic nitrogens is 3. The fourth-order valence-electron chi connectivity index (χ4n) is 2.24. The van der Waals surface area contributed by atoms with Crippen LogP contribution in [0.15, 0.2) is 11.3 Å². The van der Waals surface area contributed by atoms with E-state index in [9.17, 15) is 0 Å². The third-order valence-corrected chi connectivity index (χ3v) is 3.53. The summed E-state index contributed by atoms with van der Waals surface area (Å²) in [7, 11) is 1.81. The second kappa shape index (κ2) is 11.6. The molecule has 0 aliphatic carbocycles. The fraction of sp³-hybridized carbons (Fsp3) is 0.812. The van der Waals surface area contributed by atoms with Crippen molar-refractivity contribution < 1.29 is 0 Å². The zero-order valence-corrected chi connectivity index (χ0v) is 17.6. The summed E-state index contributed by atoms with van der Waals surface area (Å²) in [4.78, 5) is 4.25. The van der Waals surface area contributed by atoms with Gasteiger partial charge in [-0.2, -0.15) is 0 Å².